The van der Waals surface area contributed by atoms with E-state index in [4.69, 9.17) is 0 Å². The maximum absolute atomic E-state index is 2.79. The summed E-state index contributed by atoms with van der Waals surface area (Å²) in [5.41, 5.74) is 0. The Morgan fingerprint density at radius 3 is 2.46 bits per heavy atom. The number of nitrogens with zero attached hydrogens (tertiary/aromatic N) is 1. The molecule has 2 heteroatoms. The van der Waals surface area contributed by atoms with Crippen molar-refractivity contribution in [2.75, 3.05) is 17.5 Å². The Hall–Kier alpha value is 0.690. The first-order valence-corrected chi connectivity index (χ1v) is 8.45. The summed E-state index contributed by atoms with van der Waals surface area (Å²) < 4.78 is 2.69. The second kappa shape index (κ2) is 4.96. The molecule has 0 amide bonds. The molecular weight excluding hydrogens is 273 g/mol. The fourth-order valence-electron chi connectivity index (χ4n) is 2.39. The fraction of sp³-hybridized carbons (Fsp3) is 1.00. The molecule has 2 rings (SSSR count). The molecule has 2 unspecified atom stereocenters. The third-order valence-corrected chi connectivity index (χ3v) is 6.99. The van der Waals surface area contributed by atoms with Gasteiger partial charge in [-0.2, -0.15) is 0 Å². The van der Waals surface area contributed by atoms with Crippen LogP contribution >= 0.6 is 0 Å². The summed E-state index contributed by atoms with van der Waals surface area (Å²) in [6.45, 7) is 5.27. The van der Waals surface area contributed by atoms with Crippen molar-refractivity contribution in [2.45, 2.75) is 49.0 Å². The first-order chi connectivity index (χ1) is 6.36. The van der Waals surface area contributed by atoms with Crippen LogP contribution in [0.25, 0.3) is 0 Å². The Kier molecular flexibility index (Phi) is 3.90. The second-order valence-corrected chi connectivity index (χ2v) is 8.31. The van der Waals surface area contributed by atoms with Gasteiger partial charge in [-0.15, -0.1) is 0 Å². The Morgan fingerprint density at radius 1 is 1.08 bits per heavy atom. The zero-order valence-corrected chi connectivity index (χ0v) is 10.8. The molecule has 0 N–H and O–H groups in total. The Morgan fingerprint density at radius 2 is 1.85 bits per heavy atom. The second-order valence-electron chi connectivity index (χ2n) is 4.42. The third-order valence-electron chi connectivity index (χ3n) is 3.34. The van der Waals surface area contributed by atoms with Gasteiger partial charge in [0.05, 0.1) is 0 Å². The summed E-state index contributed by atoms with van der Waals surface area (Å²) in [6, 6.07) is 1.00. The van der Waals surface area contributed by atoms with Crippen LogP contribution in [0.1, 0.15) is 39.0 Å². The van der Waals surface area contributed by atoms with E-state index in [-0.39, 0.29) is 0 Å². The molecule has 0 radical (unpaired) electrons. The molecule has 1 nitrogen and oxygen atoms in total. The van der Waals surface area contributed by atoms with Gasteiger partial charge in [-0.25, -0.2) is 0 Å². The summed E-state index contributed by atoms with van der Waals surface area (Å²) >= 11 is 0.543. The minimum atomic E-state index is 0.543. The number of halogens is 1. The van der Waals surface area contributed by atoms with Gasteiger partial charge in [-0.3, -0.25) is 0 Å². The zero-order valence-electron chi connectivity index (χ0n) is 8.64. The molecule has 0 aromatic rings. The number of alkyl halides is 2. The molecule has 78 valence electrons. The van der Waals surface area contributed by atoms with Gasteiger partial charge < -0.3 is 0 Å². The van der Waals surface area contributed by atoms with E-state index in [9.17, 15) is 0 Å². The number of likely N-dealkylation sites (tertiary alicyclic amines) is 1. The molecule has 2 saturated heterocycles. The molecule has 2 aliphatic heterocycles. The van der Waals surface area contributed by atoms with Gasteiger partial charge in [0.25, 0.3) is 0 Å². The van der Waals surface area contributed by atoms with Crippen molar-refractivity contribution in [3.63, 3.8) is 0 Å². The van der Waals surface area contributed by atoms with E-state index in [1.54, 1.807) is 4.43 Å². The van der Waals surface area contributed by atoms with Crippen LogP contribution in [0.15, 0.2) is 0 Å². The minimum absolute atomic E-state index is 0.543. The average molecular weight is 294 g/mol. The summed E-state index contributed by atoms with van der Waals surface area (Å²) in [4.78, 5) is 2.79. The monoisotopic (exact) mass is 294 g/mol. The normalized spacial score (nSPS) is 38.2. The van der Waals surface area contributed by atoms with Crippen LogP contribution in [0.3, 0.4) is 0 Å². The predicted molar refractivity (Wildman–Crippen MR) is 52.8 cm³/mol. The number of piperidine rings is 1. The van der Waals surface area contributed by atoms with Gasteiger partial charge >= 0.3 is 92.6 Å². The van der Waals surface area contributed by atoms with Crippen LogP contribution in [0.2, 0.25) is 0 Å². The van der Waals surface area contributed by atoms with Crippen LogP contribution in [-0.2, 0) is 0 Å². The number of hydrogen-bond donors (Lipinski definition) is 0. The molecule has 13 heavy (non-hydrogen) atoms. The average Bonchev–Trinajstić information content (AvgIpc) is 2.20. The molecule has 0 saturated carbocycles. The first-order valence-electron chi connectivity index (χ1n) is 5.68. The predicted octanol–water partition coefficient (Wildman–Crippen LogP) is -0.888. The van der Waals surface area contributed by atoms with Gasteiger partial charge in [0, 0.05) is 0 Å². The van der Waals surface area contributed by atoms with Gasteiger partial charge in [0.1, 0.15) is 0 Å². The van der Waals surface area contributed by atoms with Gasteiger partial charge in [-0.05, 0) is 0 Å². The summed E-state index contributed by atoms with van der Waals surface area (Å²) in [7, 11) is 0. The van der Waals surface area contributed by atoms with Crippen molar-refractivity contribution in [1.29, 1.82) is 0 Å². The molecule has 2 aliphatic rings. The summed E-state index contributed by atoms with van der Waals surface area (Å²) in [5, 5.41) is 0. The van der Waals surface area contributed by atoms with E-state index in [1.165, 1.54) is 45.2 Å². The number of hydrogen-bond acceptors (Lipinski definition) is 1. The van der Waals surface area contributed by atoms with E-state index in [1.807, 2.05) is 0 Å². The fourth-order valence-corrected chi connectivity index (χ4v) is 5.65. The van der Waals surface area contributed by atoms with Crippen molar-refractivity contribution < 1.29 is 21.2 Å². The van der Waals surface area contributed by atoms with Gasteiger partial charge in [-0.1, -0.05) is 0 Å². The molecule has 2 heterocycles. The van der Waals surface area contributed by atoms with E-state index in [2.05, 4.69) is 11.8 Å². The molecular formula is C11H21IN-. The Balaban J connectivity index is 1.79. The molecule has 0 aliphatic carbocycles. The van der Waals surface area contributed by atoms with E-state index in [0.717, 1.165) is 9.97 Å². The van der Waals surface area contributed by atoms with Crippen LogP contribution in [0.5, 0.6) is 0 Å². The van der Waals surface area contributed by atoms with E-state index in [0.29, 0.717) is 21.2 Å². The maximum atomic E-state index is 2.79. The van der Waals surface area contributed by atoms with Crippen molar-refractivity contribution >= 4 is 0 Å². The Bertz CT molecular complexity index is 146. The van der Waals surface area contributed by atoms with Crippen molar-refractivity contribution in [3.8, 4) is 0 Å². The van der Waals surface area contributed by atoms with Crippen LogP contribution in [-0.4, -0.2) is 32.4 Å². The molecule has 0 aromatic heterocycles. The van der Waals surface area contributed by atoms with Gasteiger partial charge in [0.2, 0.25) is 0 Å². The van der Waals surface area contributed by atoms with E-state index < -0.39 is 0 Å². The molecule has 0 aromatic carbocycles. The summed E-state index contributed by atoms with van der Waals surface area (Å²) in [5.74, 6) is 0. The van der Waals surface area contributed by atoms with Crippen LogP contribution < -0.4 is 21.2 Å². The van der Waals surface area contributed by atoms with Crippen LogP contribution in [0, 0.1) is 0 Å². The van der Waals surface area contributed by atoms with Crippen LogP contribution in [0.4, 0.5) is 0 Å². The standard InChI is InChI=1S/C11H21IN/c1-10-5-6-11(9-12-10)13-7-3-2-4-8-13/h10-11H,2-9H2,1H3/q-1. The van der Waals surface area contributed by atoms with Gasteiger partial charge in [0.15, 0.2) is 0 Å². The van der Waals surface area contributed by atoms with Crippen molar-refractivity contribution in [3.05, 3.63) is 0 Å². The quantitative estimate of drug-likeness (QED) is 0.448. The SMILES string of the molecule is CC1CCC(N2CCCCC2)C[I-]1. The topological polar surface area (TPSA) is 3.24 Å². The van der Waals surface area contributed by atoms with Crippen molar-refractivity contribution in [1.82, 2.24) is 4.90 Å². The van der Waals surface area contributed by atoms with E-state index >= 15 is 0 Å². The van der Waals surface area contributed by atoms with Crippen molar-refractivity contribution in [2.24, 2.45) is 0 Å². The molecule has 2 fully saturated rings. The molecule has 0 bridgehead atoms. The third kappa shape index (κ3) is 2.82. The zero-order chi connectivity index (χ0) is 9.10. The Labute approximate surface area is 92.5 Å². The number of rotatable bonds is 1. The first kappa shape index (κ1) is 10.2. The molecule has 0 spiro atoms. The molecule has 2 atom stereocenters. The summed E-state index contributed by atoms with van der Waals surface area (Å²) in [6.07, 6.45) is 7.43.